The van der Waals surface area contributed by atoms with Crippen LogP contribution in [-0.2, 0) is 4.79 Å². The summed E-state index contributed by atoms with van der Waals surface area (Å²) in [5.74, 6) is -0.810. The number of carboxylic acid groups (broad SMARTS) is 1. The van der Waals surface area contributed by atoms with Crippen molar-refractivity contribution in [3.8, 4) is 5.69 Å². The SMILES string of the molecule is O=C(NC1CC(C(=O)O)C1)N[C@@H]1C[C@H]1c1cnn(-c2ccccc2)c1. The second kappa shape index (κ2) is 6.23. The molecule has 0 unspecified atom stereocenters. The van der Waals surface area contributed by atoms with Crippen LogP contribution in [0.1, 0.15) is 30.7 Å². The van der Waals surface area contributed by atoms with Gasteiger partial charge in [0.2, 0.25) is 0 Å². The van der Waals surface area contributed by atoms with E-state index in [0.717, 1.165) is 17.7 Å². The van der Waals surface area contributed by atoms with E-state index in [1.807, 2.05) is 47.4 Å². The predicted molar refractivity (Wildman–Crippen MR) is 90.5 cm³/mol. The first-order valence-electron chi connectivity index (χ1n) is 8.50. The van der Waals surface area contributed by atoms with Crippen LogP contribution >= 0.6 is 0 Å². The Kier molecular flexibility index (Phi) is 3.91. The van der Waals surface area contributed by atoms with E-state index in [0.29, 0.717) is 12.8 Å². The molecule has 2 amide bonds. The van der Waals surface area contributed by atoms with Crippen LogP contribution in [0.2, 0.25) is 0 Å². The highest BCUT2D eigenvalue weighted by Gasteiger charge is 2.41. The fourth-order valence-electron chi connectivity index (χ4n) is 3.31. The van der Waals surface area contributed by atoms with Crippen molar-refractivity contribution in [3.05, 3.63) is 48.3 Å². The molecule has 2 atom stereocenters. The molecule has 0 aliphatic heterocycles. The molecule has 25 heavy (non-hydrogen) atoms. The van der Waals surface area contributed by atoms with E-state index in [-0.39, 0.29) is 30.0 Å². The van der Waals surface area contributed by atoms with Gasteiger partial charge in [0.15, 0.2) is 0 Å². The Hall–Kier alpha value is -2.83. The molecular formula is C18H20N4O3. The van der Waals surface area contributed by atoms with Crippen LogP contribution in [0.4, 0.5) is 4.79 Å². The van der Waals surface area contributed by atoms with E-state index in [2.05, 4.69) is 15.7 Å². The molecule has 7 nitrogen and oxygen atoms in total. The minimum absolute atomic E-state index is 0.0286. The summed E-state index contributed by atoms with van der Waals surface area (Å²) in [7, 11) is 0. The van der Waals surface area contributed by atoms with Gasteiger partial charge in [0.1, 0.15) is 0 Å². The lowest BCUT2D eigenvalue weighted by Gasteiger charge is -2.32. The summed E-state index contributed by atoms with van der Waals surface area (Å²) in [6.45, 7) is 0. The number of nitrogens with one attached hydrogen (secondary N) is 2. The molecule has 2 aromatic rings. The van der Waals surface area contributed by atoms with Gasteiger partial charge >= 0.3 is 12.0 Å². The highest BCUT2D eigenvalue weighted by molar-refractivity contribution is 5.76. The zero-order valence-corrected chi connectivity index (χ0v) is 13.6. The van der Waals surface area contributed by atoms with Gasteiger partial charge in [0.05, 0.1) is 17.8 Å². The maximum Gasteiger partial charge on any atom is 0.315 e. The summed E-state index contributed by atoms with van der Waals surface area (Å²) in [5, 5.41) is 19.0. The number of aliphatic carboxylic acids is 1. The van der Waals surface area contributed by atoms with E-state index in [1.165, 1.54) is 0 Å². The highest BCUT2D eigenvalue weighted by atomic mass is 16.4. The van der Waals surface area contributed by atoms with Gasteiger partial charge in [0, 0.05) is 24.2 Å². The van der Waals surface area contributed by atoms with Crippen LogP contribution in [-0.4, -0.2) is 39.0 Å². The normalized spacial score (nSPS) is 27.2. The number of urea groups is 1. The molecule has 0 saturated heterocycles. The number of carbonyl (C=O) groups is 2. The first-order chi connectivity index (χ1) is 12.1. The number of rotatable bonds is 5. The summed E-state index contributed by atoms with van der Waals surface area (Å²) in [5.41, 5.74) is 2.12. The highest BCUT2D eigenvalue weighted by Crippen LogP contribution is 2.40. The second-order valence-corrected chi connectivity index (χ2v) is 6.82. The summed E-state index contributed by atoms with van der Waals surface area (Å²) < 4.78 is 1.84. The number of benzene rings is 1. The molecule has 2 aliphatic carbocycles. The topological polar surface area (TPSA) is 96.2 Å². The third-order valence-electron chi connectivity index (χ3n) is 4.98. The van der Waals surface area contributed by atoms with Crippen LogP contribution < -0.4 is 10.6 Å². The third kappa shape index (κ3) is 3.35. The van der Waals surface area contributed by atoms with Crippen molar-refractivity contribution in [1.29, 1.82) is 0 Å². The van der Waals surface area contributed by atoms with Gasteiger partial charge < -0.3 is 15.7 Å². The predicted octanol–water partition coefficient (Wildman–Crippen LogP) is 1.89. The van der Waals surface area contributed by atoms with Gasteiger partial charge in [-0.1, -0.05) is 18.2 Å². The molecule has 1 aromatic heterocycles. The molecule has 2 aliphatic rings. The molecular weight excluding hydrogens is 320 g/mol. The lowest BCUT2D eigenvalue weighted by atomic mass is 9.80. The molecule has 0 spiro atoms. The molecule has 4 rings (SSSR count). The minimum atomic E-state index is -0.781. The number of carbonyl (C=O) groups excluding carboxylic acids is 1. The quantitative estimate of drug-likeness (QED) is 0.774. The van der Waals surface area contributed by atoms with Crippen LogP contribution in [0.15, 0.2) is 42.7 Å². The van der Waals surface area contributed by atoms with Crippen molar-refractivity contribution >= 4 is 12.0 Å². The second-order valence-electron chi connectivity index (χ2n) is 6.82. The molecule has 2 saturated carbocycles. The number of hydrogen-bond donors (Lipinski definition) is 3. The maximum absolute atomic E-state index is 12.0. The largest absolute Gasteiger partial charge is 0.481 e. The van der Waals surface area contributed by atoms with Gasteiger partial charge in [-0.2, -0.15) is 5.10 Å². The Bertz CT molecular complexity index is 783. The Morgan fingerprint density at radius 3 is 2.60 bits per heavy atom. The van der Waals surface area contributed by atoms with Gasteiger partial charge in [0.25, 0.3) is 0 Å². The van der Waals surface area contributed by atoms with Crippen molar-refractivity contribution in [1.82, 2.24) is 20.4 Å². The number of hydrogen-bond acceptors (Lipinski definition) is 3. The Balaban J connectivity index is 1.26. The smallest absolute Gasteiger partial charge is 0.315 e. The summed E-state index contributed by atoms with van der Waals surface area (Å²) in [6, 6.07) is 9.77. The fourth-order valence-corrected chi connectivity index (χ4v) is 3.31. The summed E-state index contributed by atoms with van der Waals surface area (Å²) >= 11 is 0. The van der Waals surface area contributed by atoms with E-state index in [1.54, 1.807) is 0 Å². The molecule has 130 valence electrons. The van der Waals surface area contributed by atoms with E-state index in [4.69, 9.17) is 5.11 Å². The zero-order valence-electron chi connectivity index (χ0n) is 13.6. The minimum Gasteiger partial charge on any atom is -0.481 e. The Morgan fingerprint density at radius 2 is 1.88 bits per heavy atom. The Morgan fingerprint density at radius 1 is 1.12 bits per heavy atom. The summed E-state index contributed by atoms with van der Waals surface area (Å²) in [6.07, 6.45) is 5.78. The number of para-hydroxylation sites is 1. The molecule has 2 fully saturated rings. The first kappa shape index (κ1) is 15.7. The van der Waals surface area contributed by atoms with Gasteiger partial charge in [-0.3, -0.25) is 4.79 Å². The van der Waals surface area contributed by atoms with Crippen molar-refractivity contribution in [2.45, 2.75) is 37.3 Å². The van der Waals surface area contributed by atoms with Crippen molar-refractivity contribution in [2.24, 2.45) is 5.92 Å². The van der Waals surface area contributed by atoms with Crippen LogP contribution in [0.25, 0.3) is 5.69 Å². The van der Waals surface area contributed by atoms with Crippen LogP contribution in [0, 0.1) is 5.92 Å². The zero-order chi connectivity index (χ0) is 17.4. The first-order valence-corrected chi connectivity index (χ1v) is 8.50. The maximum atomic E-state index is 12.0. The van der Waals surface area contributed by atoms with Crippen molar-refractivity contribution < 1.29 is 14.7 Å². The van der Waals surface area contributed by atoms with Gasteiger partial charge in [-0.15, -0.1) is 0 Å². The van der Waals surface area contributed by atoms with Gasteiger partial charge in [-0.05, 0) is 37.0 Å². The van der Waals surface area contributed by atoms with Gasteiger partial charge in [-0.25, -0.2) is 9.48 Å². The standard InChI is InChI=1S/C18H20N4O3/c23-17(24)11-6-13(7-11)20-18(25)21-16-8-15(16)12-9-19-22(10-12)14-4-2-1-3-5-14/h1-5,9-11,13,15-16H,6-8H2,(H,23,24)(H2,20,21,25)/t11?,13?,15-,16+/m0/s1. The molecule has 1 aromatic carbocycles. The molecule has 1 heterocycles. The number of amides is 2. The fraction of sp³-hybridized carbons (Fsp3) is 0.389. The lowest BCUT2D eigenvalue weighted by Crippen LogP contribution is -2.50. The number of carboxylic acids is 1. The molecule has 0 bridgehead atoms. The average Bonchev–Trinajstić information content (AvgIpc) is 3.14. The lowest BCUT2D eigenvalue weighted by molar-refractivity contribution is -0.145. The summed E-state index contributed by atoms with van der Waals surface area (Å²) in [4.78, 5) is 22.8. The monoisotopic (exact) mass is 340 g/mol. The van der Waals surface area contributed by atoms with E-state index < -0.39 is 5.97 Å². The van der Waals surface area contributed by atoms with E-state index >= 15 is 0 Å². The van der Waals surface area contributed by atoms with Crippen LogP contribution in [0.3, 0.4) is 0 Å². The van der Waals surface area contributed by atoms with Crippen molar-refractivity contribution in [3.63, 3.8) is 0 Å². The van der Waals surface area contributed by atoms with E-state index in [9.17, 15) is 9.59 Å². The van der Waals surface area contributed by atoms with Crippen LogP contribution in [0.5, 0.6) is 0 Å². The molecule has 3 N–H and O–H groups in total. The molecule has 0 radical (unpaired) electrons. The number of aromatic nitrogens is 2. The Labute approximate surface area is 145 Å². The number of nitrogens with zero attached hydrogens (tertiary/aromatic N) is 2. The third-order valence-corrected chi connectivity index (χ3v) is 4.98. The van der Waals surface area contributed by atoms with Crippen molar-refractivity contribution in [2.75, 3.05) is 0 Å². The average molecular weight is 340 g/mol. The molecule has 7 heteroatoms.